The number of carbonyl (C=O) groups is 1. The number of carbonyl (C=O) groups excluding carboxylic acids is 1. The van der Waals surface area contributed by atoms with E-state index in [1.54, 1.807) is 0 Å². The summed E-state index contributed by atoms with van der Waals surface area (Å²) in [5, 5.41) is 0. The molecular formula is C18H20N2O. The standard InChI is InChI=1S/C18H20N2O/c19-12-15-7-4-8-16(11-15)18(21)20(17-9-10-17)13-14-5-2-1-3-6-14/h1-8,11,17H,9-10,12-13,19H2. The Morgan fingerprint density at radius 1 is 1.05 bits per heavy atom. The van der Waals surface area contributed by atoms with Gasteiger partial charge in [-0.1, -0.05) is 42.5 Å². The summed E-state index contributed by atoms with van der Waals surface area (Å²) in [6.45, 7) is 1.14. The Kier molecular flexibility index (Phi) is 4.02. The molecule has 2 N–H and O–H groups in total. The van der Waals surface area contributed by atoms with Gasteiger partial charge >= 0.3 is 0 Å². The summed E-state index contributed by atoms with van der Waals surface area (Å²) in [6.07, 6.45) is 2.21. The van der Waals surface area contributed by atoms with Crippen molar-refractivity contribution in [2.24, 2.45) is 5.73 Å². The molecule has 1 fully saturated rings. The van der Waals surface area contributed by atoms with Gasteiger partial charge in [0, 0.05) is 24.7 Å². The molecule has 0 aromatic heterocycles. The summed E-state index contributed by atoms with van der Waals surface area (Å²) in [7, 11) is 0. The second kappa shape index (κ2) is 6.10. The fourth-order valence-electron chi connectivity index (χ4n) is 2.53. The Morgan fingerprint density at radius 3 is 2.43 bits per heavy atom. The van der Waals surface area contributed by atoms with Gasteiger partial charge in [0.2, 0.25) is 0 Å². The van der Waals surface area contributed by atoms with Crippen LogP contribution in [0.25, 0.3) is 0 Å². The fourth-order valence-corrected chi connectivity index (χ4v) is 2.53. The van der Waals surface area contributed by atoms with Crippen molar-refractivity contribution in [2.45, 2.75) is 32.0 Å². The van der Waals surface area contributed by atoms with Crippen LogP contribution in [0.2, 0.25) is 0 Å². The smallest absolute Gasteiger partial charge is 0.254 e. The Hall–Kier alpha value is -2.13. The predicted molar refractivity (Wildman–Crippen MR) is 83.7 cm³/mol. The van der Waals surface area contributed by atoms with Crippen LogP contribution in [0.1, 0.15) is 34.3 Å². The van der Waals surface area contributed by atoms with Gasteiger partial charge < -0.3 is 10.6 Å². The minimum Gasteiger partial charge on any atom is -0.331 e. The van der Waals surface area contributed by atoms with Gasteiger partial charge in [-0.05, 0) is 36.1 Å². The van der Waals surface area contributed by atoms with Crippen molar-refractivity contribution in [3.8, 4) is 0 Å². The number of rotatable bonds is 5. The van der Waals surface area contributed by atoms with Gasteiger partial charge in [0.05, 0.1) is 0 Å². The van der Waals surface area contributed by atoms with E-state index in [4.69, 9.17) is 5.73 Å². The number of hydrogen-bond acceptors (Lipinski definition) is 2. The van der Waals surface area contributed by atoms with Gasteiger partial charge in [0.25, 0.3) is 5.91 Å². The fraction of sp³-hybridized carbons (Fsp3) is 0.278. The molecule has 1 aliphatic rings. The largest absolute Gasteiger partial charge is 0.331 e. The molecule has 3 nitrogen and oxygen atoms in total. The minimum absolute atomic E-state index is 0.108. The second-order valence-corrected chi connectivity index (χ2v) is 5.55. The highest BCUT2D eigenvalue weighted by Gasteiger charge is 2.33. The molecule has 1 aliphatic carbocycles. The van der Waals surface area contributed by atoms with Crippen LogP contribution >= 0.6 is 0 Å². The van der Waals surface area contributed by atoms with Crippen LogP contribution in [0.5, 0.6) is 0 Å². The maximum Gasteiger partial charge on any atom is 0.254 e. The molecule has 0 unspecified atom stereocenters. The van der Waals surface area contributed by atoms with Crippen molar-refractivity contribution in [3.05, 3.63) is 71.3 Å². The van der Waals surface area contributed by atoms with Gasteiger partial charge in [-0.3, -0.25) is 4.79 Å². The first-order valence-electron chi connectivity index (χ1n) is 7.42. The first-order valence-corrected chi connectivity index (χ1v) is 7.42. The zero-order valence-corrected chi connectivity index (χ0v) is 12.0. The summed E-state index contributed by atoms with van der Waals surface area (Å²) in [5.41, 5.74) is 8.57. The van der Waals surface area contributed by atoms with Crippen LogP contribution in [0.4, 0.5) is 0 Å². The molecule has 21 heavy (non-hydrogen) atoms. The molecule has 1 saturated carbocycles. The van der Waals surface area contributed by atoms with Gasteiger partial charge in [-0.2, -0.15) is 0 Å². The van der Waals surface area contributed by atoms with E-state index < -0.39 is 0 Å². The molecule has 3 rings (SSSR count). The van der Waals surface area contributed by atoms with Crippen LogP contribution in [0.15, 0.2) is 54.6 Å². The van der Waals surface area contributed by atoms with Crippen molar-refractivity contribution >= 4 is 5.91 Å². The van der Waals surface area contributed by atoms with Gasteiger partial charge in [0.1, 0.15) is 0 Å². The lowest BCUT2D eigenvalue weighted by Crippen LogP contribution is -2.32. The molecule has 2 aromatic carbocycles. The van der Waals surface area contributed by atoms with Gasteiger partial charge in [-0.15, -0.1) is 0 Å². The molecule has 0 bridgehead atoms. The monoisotopic (exact) mass is 280 g/mol. The third-order valence-corrected chi connectivity index (χ3v) is 3.85. The number of amides is 1. The predicted octanol–water partition coefficient (Wildman–Crippen LogP) is 2.95. The number of benzene rings is 2. The number of nitrogens with two attached hydrogens (primary N) is 1. The lowest BCUT2D eigenvalue weighted by Gasteiger charge is -2.23. The molecule has 108 valence electrons. The van der Waals surface area contributed by atoms with Crippen molar-refractivity contribution in [1.29, 1.82) is 0 Å². The van der Waals surface area contributed by atoms with Gasteiger partial charge in [0.15, 0.2) is 0 Å². The summed E-state index contributed by atoms with van der Waals surface area (Å²) in [6, 6.07) is 18.2. The molecule has 3 heteroatoms. The Labute approximate surface area is 125 Å². The van der Waals surface area contributed by atoms with Crippen LogP contribution in [-0.4, -0.2) is 16.8 Å². The van der Waals surface area contributed by atoms with E-state index in [9.17, 15) is 4.79 Å². The highest BCUT2D eigenvalue weighted by Crippen LogP contribution is 2.30. The van der Waals surface area contributed by atoms with Crippen LogP contribution < -0.4 is 5.73 Å². The molecule has 0 spiro atoms. The van der Waals surface area contributed by atoms with Gasteiger partial charge in [-0.25, -0.2) is 0 Å². The van der Waals surface area contributed by atoms with Crippen molar-refractivity contribution < 1.29 is 4.79 Å². The Balaban J connectivity index is 1.81. The maximum atomic E-state index is 12.8. The number of nitrogens with zero attached hydrogens (tertiary/aromatic N) is 1. The van der Waals surface area contributed by atoms with Crippen LogP contribution in [0, 0.1) is 0 Å². The van der Waals surface area contributed by atoms with E-state index >= 15 is 0 Å². The van der Waals surface area contributed by atoms with Crippen LogP contribution in [-0.2, 0) is 13.1 Å². The van der Waals surface area contributed by atoms with E-state index in [2.05, 4.69) is 12.1 Å². The second-order valence-electron chi connectivity index (χ2n) is 5.55. The molecule has 0 saturated heterocycles. The van der Waals surface area contributed by atoms with Crippen LogP contribution in [0.3, 0.4) is 0 Å². The third-order valence-electron chi connectivity index (χ3n) is 3.85. The molecule has 2 aromatic rings. The van der Waals surface area contributed by atoms with E-state index in [0.717, 1.165) is 24.0 Å². The average molecular weight is 280 g/mol. The van der Waals surface area contributed by atoms with E-state index in [1.807, 2.05) is 47.4 Å². The highest BCUT2D eigenvalue weighted by molar-refractivity contribution is 5.94. The molecule has 0 aliphatic heterocycles. The van der Waals surface area contributed by atoms with Crippen molar-refractivity contribution in [2.75, 3.05) is 0 Å². The first-order chi connectivity index (χ1) is 10.3. The van der Waals surface area contributed by atoms with Crippen molar-refractivity contribution in [3.63, 3.8) is 0 Å². The van der Waals surface area contributed by atoms with E-state index in [1.165, 1.54) is 5.56 Å². The molecule has 0 atom stereocenters. The molecule has 1 amide bonds. The summed E-state index contributed by atoms with van der Waals surface area (Å²) in [4.78, 5) is 14.8. The Bertz CT molecular complexity index is 620. The average Bonchev–Trinajstić information content (AvgIpc) is 3.38. The molecule has 0 heterocycles. The third kappa shape index (κ3) is 3.31. The highest BCUT2D eigenvalue weighted by atomic mass is 16.2. The lowest BCUT2D eigenvalue weighted by molar-refractivity contribution is 0.0730. The summed E-state index contributed by atoms with van der Waals surface area (Å²) < 4.78 is 0. The number of hydrogen-bond donors (Lipinski definition) is 1. The zero-order chi connectivity index (χ0) is 14.7. The summed E-state index contributed by atoms with van der Waals surface area (Å²) >= 11 is 0. The normalized spacial score (nSPS) is 14.0. The van der Waals surface area contributed by atoms with E-state index in [-0.39, 0.29) is 5.91 Å². The lowest BCUT2D eigenvalue weighted by atomic mass is 10.1. The first kappa shape index (κ1) is 13.8. The van der Waals surface area contributed by atoms with E-state index in [0.29, 0.717) is 19.1 Å². The summed E-state index contributed by atoms with van der Waals surface area (Å²) in [5.74, 6) is 0.108. The quantitative estimate of drug-likeness (QED) is 0.915. The molecular weight excluding hydrogens is 260 g/mol. The minimum atomic E-state index is 0.108. The SMILES string of the molecule is NCc1cccc(C(=O)N(Cc2ccccc2)C2CC2)c1. The topological polar surface area (TPSA) is 46.3 Å². The van der Waals surface area contributed by atoms with Crippen molar-refractivity contribution in [1.82, 2.24) is 4.90 Å². The maximum absolute atomic E-state index is 12.8. The Morgan fingerprint density at radius 2 is 1.76 bits per heavy atom. The molecule has 0 radical (unpaired) electrons. The zero-order valence-electron chi connectivity index (χ0n) is 12.0.